The molecular formula is C15H23NO3. The molecule has 1 aromatic carbocycles. The van der Waals surface area contributed by atoms with Gasteiger partial charge in [0.15, 0.2) is 0 Å². The summed E-state index contributed by atoms with van der Waals surface area (Å²) < 4.78 is 10.1. The topological polar surface area (TPSA) is 39.7 Å². The average Bonchev–Trinajstić information content (AvgIpc) is 2.44. The Morgan fingerprint density at radius 2 is 2.05 bits per heavy atom. The molecule has 4 heteroatoms. The van der Waals surface area contributed by atoms with Crippen molar-refractivity contribution in [2.24, 2.45) is 5.92 Å². The Bertz CT molecular complexity index is 341. The third kappa shape index (κ3) is 8.51. The maximum atomic E-state index is 5.31. The minimum Gasteiger partial charge on any atom is -0.359 e. The molecule has 19 heavy (non-hydrogen) atoms. The Balaban J connectivity index is 2.01. The van der Waals surface area contributed by atoms with Gasteiger partial charge in [-0.15, -0.1) is 0 Å². The molecular weight excluding hydrogens is 242 g/mol. The van der Waals surface area contributed by atoms with E-state index in [0.29, 0.717) is 32.5 Å². The monoisotopic (exact) mass is 265 g/mol. The van der Waals surface area contributed by atoms with Gasteiger partial charge < -0.3 is 9.47 Å². The van der Waals surface area contributed by atoms with E-state index in [2.05, 4.69) is 30.6 Å². The number of benzene rings is 1. The van der Waals surface area contributed by atoms with Gasteiger partial charge in [-0.25, -0.2) is 0 Å². The molecule has 0 bridgehead atoms. The molecule has 0 aliphatic carbocycles. The van der Waals surface area contributed by atoms with Crippen molar-refractivity contribution in [3.05, 3.63) is 48.0 Å². The molecule has 0 fully saturated rings. The molecule has 1 N–H and O–H groups in total. The number of rotatable bonds is 10. The van der Waals surface area contributed by atoms with Crippen LogP contribution in [-0.2, 0) is 20.9 Å². The second kappa shape index (κ2) is 10.7. The molecule has 0 saturated carbocycles. The maximum Gasteiger partial charge on any atom is 0.146 e. The van der Waals surface area contributed by atoms with Gasteiger partial charge in [0.05, 0.1) is 13.2 Å². The molecule has 4 nitrogen and oxygen atoms in total. The highest BCUT2D eigenvalue weighted by Gasteiger charge is 1.96. The largest absolute Gasteiger partial charge is 0.359 e. The summed E-state index contributed by atoms with van der Waals surface area (Å²) in [5.74, 6) is 0.355. The van der Waals surface area contributed by atoms with Crippen LogP contribution in [0.1, 0.15) is 12.5 Å². The van der Waals surface area contributed by atoms with Crippen LogP contribution in [0, 0.1) is 5.92 Å². The first kappa shape index (κ1) is 15.9. The zero-order chi connectivity index (χ0) is 13.8. The van der Waals surface area contributed by atoms with Crippen molar-refractivity contribution in [2.75, 3.05) is 27.1 Å². The summed E-state index contributed by atoms with van der Waals surface area (Å²) in [5.41, 5.74) is 4.13. The second-order valence-electron chi connectivity index (χ2n) is 4.30. The van der Waals surface area contributed by atoms with Gasteiger partial charge in [0.2, 0.25) is 0 Å². The van der Waals surface area contributed by atoms with Crippen molar-refractivity contribution >= 4 is 0 Å². The fourth-order valence-electron chi connectivity index (χ4n) is 1.50. The van der Waals surface area contributed by atoms with Crippen LogP contribution in [0.25, 0.3) is 0 Å². The SMILES string of the molecule is COCOC[C@H](C)/C=C/CONCc1ccccc1. The lowest BCUT2D eigenvalue weighted by atomic mass is 10.2. The van der Waals surface area contributed by atoms with Crippen molar-refractivity contribution in [1.29, 1.82) is 0 Å². The van der Waals surface area contributed by atoms with Gasteiger partial charge in [0, 0.05) is 13.7 Å². The zero-order valence-electron chi connectivity index (χ0n) is 11.7. The van der Waals surface area contributed by atoms with Crippen LogP contribution in [0.5, 0.6) is 0 Å². The number of hydrogen-bond donors (Lipinski definition) is 1. The highest BCUT2D eigenvalue weighted by atomic mass is 16.7. The van der Waals surface area contributed by atoms with Crippen molar-refractivity contribution in [2.45, 2.75) is 13.5 Å². The number of nitrogens with one attached hydrogen (secondary N) is 1. The van der Waals surface area contributed by atoms with E-state index >= 15 is 0 Å². The van der Waals surface area contributed by atoms with Crippen LogP contribution in [0.15, 0.2) is 42.5 Å². The summed E-state index contributed by atoms with van der Waals surface area (Å²) in [6.45, 7) is 4.33. The van der Waals surface area contributed by atoms with Gasteiger partial charge in [0.25, 0.3) is 0 Å². The van der Waals surface area contributed by atoms with Crippen molar-refractivity contribution in [3.63, 3.8) is 0 Å². The Hall–Kier alpha value is -1.20. The molecule has 1 rings (SSSR count). The minimum absolute atomic E-state index is 0.341. The minimum atomic E-state index is 0.341. The predicted molar refractivity (Wildman–Crippen MR) is 75.4 cm³/mol. The Kier molecular flexibility index (Phi) is 8.93. The molecule has 1 atom stereocenters. The number of methoxy groups -OCH3 is 1. The van der Waals surface area contributed by atoms with Gasteiger partial charge in [-0.3, -0.25) is 4.84 Å². The van der Waals surface area contributed by atoms with Gasteiger partial charge in [-0.1, -0.05) is 49.4 Å². The highest BCUT2D eigenvalue weighted by molar-refractivity contribution is 5.13. The van der Waals surface area contributed by atoms with E-state index in [1.807, 2.05) is 24.3 Å². The molecule has 0 radical (unpaired) electrons. The summed E-state index contributed by atoms with van der Waals surface area (Å²) in [5, 5.41) is 0. The van der Waals surface area contributed by atoms with Gasteiger partial charge in [-0.05, 0) is 11.5 Å². The lowest BCUT2D eigenvalue weighted by molar-refractivity contribution is -0.0372. The first-order chi connectivity index (χ1) is 9.33. The molecule has 0 spiro atoms. The molecule has 0 aromatic heterocycles. The smallest absolute Gasteiger partial charge is 0.146 e. The second-order valence-corrected chi connectivity index (χ2v) is 4.30. The number of hydroxylamine groups is 1. The molecule has 0 saturated heterocycles. The number of hydrogen-bond acceptors (Lipinski definition) is 4. The fourth-order valence-corrected chi connectivity index (χ4v) is 1.50. The summed E-state index contributed by atoms with van der Waals surface area (Å²) in [4.78, 5) is 5.31. The Labute approximate surface area is 115 Å². The van der Waals surface area contributed by atoms with Crippen molar-refractivity contribution in [3.8, 4) is 0 Å². The van der Waals surface area contributed by atoms with Crippen LogP contribution in [0.4, 0.5) is 0 Å². The molecule has 0 heterocycles. The fraction of sp³-hybridized carbons (Fsp3) is 0.467. The Morgan fingerprint density at radius 3 is 2.79 bits per heavy atom. The van der Waals surface area contributed by atoms with Crippen molar-refractivity contribution < 1.29 is 14.3 Å². The molecule has 0 aliphatic heterocycles. The van der Waals surface area contributed by atoms with E-state index in [1.165, 1.54) is 5.56 Å². The summed E-state index contributed by atoms with van der Waals surface area (Å²) in [6.07, 6.45) is 4.05. The van der Waals surface area contributed by atoms with E-state index < -0.39 is 0 Å². The van der Waals surface area contributed by atoms with E-state index in [1.54, 1.807) is 7.11 Å². The highest BCUT2D eigenvalue weighted by Crippen LogP contribution is 1.99. The van der Waals surface area contributed by atoms with Gasteiger partial charge in [-0.2, -0.15) is 5.48 Å². The average molecular weight is 265 g/mol. The van der Waals surface area contributed by atoms with Crippen LogP contribution in [0.2, 0.25) is 0 Å². The predicted octanol–water partition coefficient (Wildman–Crippen LogP) is 2.52. The first-order valence-electron chi connectivity index (χ1n) is 6.45. The van der Waals surface area contributed by atoms with Crippen LogP contribution < -0.4 is 5.48 Å². The molecule has 0 aliphatic rings. The summed E-state index contributed by atoms with van der Waals surface area (Å²) in [7, 11) is 1.62. The van der Waals surface area contributed by atoms with E-state index in [-0.39, 0.29) is 0 Å². The first-order valence-corrected chi connectivity index (χ1v) is 6.45. The quantitative estimate of drug-likeness (QED) is 0.305. The van der Waals surface area contributed by atoms with E-state index in [4.69, 9.17) is 14.3 Å². The van der Waals surface area contributed by atoms with Gasteiger partial charge >= 0.3 is 0 Å². The normalized spacial score (nSPS) is 12.9. The maximum absolute atomic E-state index is 5.31. The lowest BCUT2D eigenvalue weighted by Gasteiger charge is -2.07. The van der Waals surface area contributed by atoms with Crippen LogP contribution in [0.3, 0.4) is 0 Å². The van der Waals surface area contributed by atoms with Crippen molar-refractivity contribution in [1.82, 2.24) is 5.48 Å². The summed E-state index contributed by atoms with van der Waals surface area (Å²) in [6, 6.07) is 10.1. The molecule has 1 aromatic rings. The molecule has 0 amide bonds. The molecule has 106 valence electrons. The third-order valence-corrected chi connectivity index (χ3v) is 2.45. The summed E-state index contributed by atoms with van der Waals surface area (Å²) >= 11 is 0. The zero-order valence-corrected chi connectivity index (χ0v) is 11.7. The Morgan fingerprint density at radius 1 is 1.26 bits per heavy atom. The standard InChI is InChI=1S/C15H23NO3/c1-14(12-18-13-17-2)7-6-10-19-16-11-15-8-4-3-5-9-15/h3-9,14,16H,10-13H2,1-2H3/b7-6+/t14-/m1/s1. The van der Waals surface area contributed by atoms with E-state index in [0.717, 1.165) is 0 Å². The van der Waals surface area contributed by atoms with Gasteiger partial charge in [0.1, 0.15) is 6.79 Å². The lowest BCUT2D eigenvalue weighted by Crippen LogP contribution is -2.14. The molecule has 0 unspecified atom stereocenters. The van der Waals surface area contributed by atoms with E-state index in [9.17, 15) is 0 Å². The number of ether oxygens (including phenoxy) is 2. The third-order valence-electron chi connectivity index (χ3n) is 2.45. The van der Waals surface area contributed by atoms with Crippen LogP contribution in [-0.4, -0.2) is 27.1 Å². The van der Waals surface area contributed by atoms with Crippen LogP contribution >= 0.6 is 0 Å².